The molecule has 2 aromatic rings. The van der Waals surface area contributed by atoms with E-state index in [1.807, 2.05) is 44.1 Å². The lowest BCUT2D eigenvalue weighted by Crippen LogP contribution is -2.15. The lowest BCUT2D eigenvalue weighted by molar-refractivity contribution is 0.102. The van der Waals surface area contributed by atoms with E-state index in [2.05, 4.69) is 15.3 Å². The van der Waals surface area contributed by atoms with Crippen LogP contribution in [0, 0.1) is 6.92 Å². The van der Waals surface area contributed by atoms with Crippen molar-refractivity contribution in [1.29, 1.82) is 0 Å². The van der Waals surface area contributed by atoms with Crippen LogP contribution in [0.3, 0.4) is 0 Å². The molecule has 1 amide bonds. The van der Waals surface area contributed by atoms with Crippen molar-refractivity contribution < 1.29 is 4.79 Å². The van der Waals surface area contributed by atoms with Gasteiger partial charge in [-0.25, -0.2) is 4.98 Å². The molecule has 104 valence electrons. The van der Waals surface area contributed by atoms with Crippen LogP contribution >= 0.6 is 11.6 Å². The Balaban J connectivity index is 2.22. The Hall–Kier alpha value is -2.14. The average Bonchev–Trinajstić information content (AvgIpc) is 2.40. The van der Waals surface area contributed by atoms with Gasteiger partial charge in [0.1, 0.15) is 10.8 Å². The van der Waals surface area contributed by atoms with E-state index in [0.29, 0.717) is 5.69 Å². The highest BCUT2D eigenvalue weighted by Crippen LogP contribution is 2.22. The highest BCUT2D eigenvalue weighted by atomic mass is 35.5. The Kier molecular flexibility index (Phi) is 4.20. The van der Waals surface area contributed by atoms with Gasteiger partial charge in [-0.2, -0.15) is 0 Å². The minimum atomic E-state index is -0.339. The normalized spacial score (nSPS) is 10.2. The molecule has 0 atom stereocenters. The van der Waals surface area contributed by atoms with E-state index in [1.54, 1.807) is 0 Å². The monoisotopic (exact) mass is 290 g/mol. The number of nitrogens with one attached hydrogen (secondary N) is 1. The predicted molar refractivity (Wildman–Crippen MR) is 80.5 cm³/mol. The summed E-state index contributed by atoms with van der Waals surface area (Å²) >= 11 is 5.72. The van der Waals surface area contributed by atoms with Crippen molar-refractivity contribution in [1.82, 2.24) is 9.97 Å². The van der Waals surface area contributed by atoms with Crippen molar-refractivity contribution in [3.05, 3.63) is 47.0 Å². The van der Waals surface area contributed by atoms with E-state index in [9.17, 15) is 4.79 Å². The summed E-state index contributed by atoms with van der Waals surface area (Å²) in [7, 11) is 3.91. The number of hydrogen-bond donors (Lipinski definition) is 1. The first-order chi connectivity index (χ1) is 9.47. The molecular weight excluding hydrogens is 276 g/mol. The predicted octanol–water partition coefficient (Wildman–Crippen LogP) is 2.76. The summed E-state index contributed by atoms with van der Waals surface area (Å²) in [6.45, 7) is 2.02. The Morgan fingerprint density at radius 3 is 2.70 bits per heavy atom. The highest BCUT2D eigenvalue weighted by Gasteiger charge is 2.10. The van der Waals surface area contributed by atoms with Crippen LogP contribution in [0.1, 0.15) is 16.1 Å². The highest BCUT2D eigenvalue weighted by molar-refractivity contribution is 6.29. The first-order valence-corrected chi connectivity index (χ1v) is 6.42. The number of amides is 1. The second kappa shape index (κ2) is 5.88. The van der Waals surface area contributed by atoms with E-state index in [-0.39, 0.29) is 16.8 Å². The van der Waals surface area contributed by atoms with E-state index >= 15 is 0 Å². The molecule has 0 aliphatic heterocycles. The molecule has 0 saturated heterocycles. The average molecular weight is 291 g/mol. The number of hydrogen-bond acceptors (Lipinski definition) is 4. The van der Waals surface area contributed by atoms with Gasteiger partial charge in [0.05, 0.1) is 12.4 Å². The zero-order valence-electron chi connectivity index (χ0n) is 11.5. The zero-order chi connectivity index (χ0) is 14.7. The van der Waals surface area contributed by atoms with Gasteiger partial charge in [-0.1, -0.05) is 17.7 Å². The van der Waals surface area contributed by atoms with Gasteiger partial charge in [-0.3, -0.25) is 9.78 Å². The van der Waals surface area contributed by atoms with Gasteiger partial charge >= 0.3 is 0 Å². The molecule has 0 unspecified atom stereocenters. The summed E-state index contributed by atoms with van der Waals surface area (Å²) < 4.78 is 0. The van der Waals surface area contributed by atoms with Gasteiger partial charge in [0.15, 0.2) is 0 Å². The number of aryl methyl sites for hydroxylation is 1. The lowest BCUT2D eigenvalue weighted by atomic mass is 10.1. The van der Waals surface area contributed by atoms with E-state index < -0.39 is 0 Å². The summed E-state index contributed by atoms with van der Waals surface area (Å²) in [5.41, 5.74) is 3.06. The first-order valence-electron chi connectivity index (χ1n) is 6.04. The molecule has 0 spiro atoms. The van der Waals surface area contributed by atoms with Crippen LogP contribution in [-0.4, -0.2) is 30.0 Å². The fraction of sp³-hybridized carbons (Fsp3) is 0.214. The van der Waals surface area contributed by atoms with Crippen LogP contribution in [0.5, 0.6) is 0 Å². The smallest absolute Gasteiger partial charge is 0.275 e. The van der Waals surface area contributed by atoms with E-state index in [1.165, 1.54) is 12.4 Å². The van der Waals surface area contributed by atoms with Crippen molar-refractivity contribution in [3.8, 4) is 0 Å². The van der Waals surface area contributed by atoms with Crippen LogP contribution in [0.15, 0.2) is 30.6 Å². The Morgan fingerprint density at radius 2 is 2.05 bits per heavy atom. The van der Waals surface area contributed by atoms with E-state index in [4.69, 9.17) is 11.6 Å². The molecular formula is C14H15ClN4O. The topological polar surface area (TPSA) is 58.1 Å². The minimum absolute atomic E-state index is 0.185. The molecule has 0 aliphatic rings. The maximum absolute atomic E-state index is 12.0. The van der Waals surface area contributed by atoms with Crippen molar-refractivity contribution in [3.63, 3.8) is 0 Å². The Bertz CT molecular complexity index is 643. The number of anilines is 2. The SMILES string of the molecule is Cc1ccc(NC(=O)c2cncc(Cl)n2)cc1N(C)C. The van der Waals surface area contributed by atoms with Gasteiger partial charge in [0.2, 0.25) is 0 Å². The van der Waals surface area contributed by atoms with Crippen LogP contribution in [0.25, 0.3) is 0 Å². The van der Waals surface area contributed by atoms with Gasteiger partial charge < -0.3 is 10.2 Å². The molecule has 1 aromatic heterocycles. The fourth-order valence-corrected chi connectivity index (χ4v) is 1.96. The third kappa shape index (κ3) is 3.24. The summed E-state index contributed by atoms with van der Waals surface area (Å²) in [5.74, 6) is -0.339. The van der Waals surface area contributed by atoms with Crippen molar-refractivity contribution in [2.24, 2.45) is 0 Å². The zero-order valence-corrected chi connectivity index (χ0v) is 12.3. The maximum atomic E-state index is 12.0. The molecule has 1 aromatic carbocycles. The number of halogens is 1. The standard InChI is InChI=1S/C14H15ClN4O/c1-9-4-5-10(6-12(9)19(2)3)17-14(20)11-7-16-8-13(15)18-11/h4-8H,1-3H3,(H,17,20). The fourth-order valence-electron chi connectivity index (χ4n) is 1.82. The molecule has 0 aliphatic carbocycles. The van der Waals surface area contributed by atoms with Crippen molar-refractivity contribution in [2.75, 3.05) is 24.3 Å². The molecule has 20 heavy (non-hydrogen) atoms. The second-order valence-electron chi connectivity index (χ2n) is 4.58. The first kappa shape index (κ1) is 14.3. The summed E-state index contributed by atoms with van der Waals surface area (Å²) in [6, 6.07) is 5.71. The van der Waals surface area contributed by atoms with Gasteiger partial charge in [0, 0.05) is 25.5 Å². The van der Waals surface area contributed by atoms with Gasteiger partial charge in [-0.05, 0) is 24.6 Å². The van der Waals surface area contributed by atoms with Gasteiger partial charge in [0.25, 0.3) is 5.91 Å². The molecule has 5 nitrogen and oxygen atoms in total. The van der Waals surface area contributed by atoms with Crippen molar-refractivity contribution in [2.45, 2.75) is 6.92 Å². The van der Waals surface area contributed by atoms with Crippen LogP contribution in [0.4, 0.5) is 11.4 Å². The molecule has 0 saturated carbocycles. The third-order valence-electron chi connectivity index (χ3n) is 2.79. The molecule has 0 radical (unpaired) electrons. The molecule has 2 rings (SSSR count). The quantitative estimate of drug-likeness (QED) is 0.944. The molecule has 1 N–H and O–H groups in total. The molecule has 0 bridgehead atoms. The number of rotatable bonds is 3. The Labute approximate surface area is 122 Å². The number of carbonyl (C=O) groups excluding carboxylic acids is 1. The lowest BCUT2D eigenvalue weighted by Gasteiger charge is -2.17. The second-order valence-corrected chi connectivity index (χ2v) is 4.96. The van der Waals surface area contributed by atoms with Gasteiger partial charge in [-0.15, -0.1) is 0 Å². The number of benzene rings is 1. The third-order valence-corrected chi connectivity index (χ3v) is 2.97. The Morgan fingerprint density at radius 1 is 1.30 bits per heavy atom. The minimum Gasteiger partial charge on any atom is -0.377 e. The maximum Gasteiger partial charge on any atom is 0.275 e. The van der Waals surface area contributed by atoms with Crippen molar-refractivity contribution >= 4 is 28.9 Å². The van der Waals surface area contributed by atoms with Crippen LogP contribution in [0.2, 0.25) is 5.15 Å². The summed E-state index contributed by atoms with van der Waals surface area (Å²) in [4.78, 5) is 21.8. The number of aromatic nitrogens is 2. The summed E-state index contributed by atoms with van der Waals surface area (Å²) in [6.07, 6.45) is 2.76. The van der Waals surface area contributed by atoms with Crippen LogP contribution in [-0.2, 0) is 0 Å². The number of nitrogens with zero attached hydrogens (tertiary/aromatic N) is 3. The molecule has 0 fully saturated rings. The summed E-state index contributed by atoms with van der Waals surface area (Å²) in [5, 5.41) is 2.97. The number of carbonyl (C=O) groups is 1. The largest absolute Gasteiger partial charge is 0.377 e. The van der Waals surface area contributed by atoms with E-state index in [0.717, 1.165) is 11.3 Å². The molecule has 6 heteroatoms. The van der Waals surface area contributed by atoms with Crippen LogP contribution < -0.4 is 10.2 Å². The molecule has 1 heterocycles.